The Balaban J connectivity index is 1.94. The summed E-state index contributed by atoms with van der Waals surface area (Å²) < 4.78 is 14.9. The van der Waals surface area contributed by atoms with Gasteiger partial charge in [-0.1, -0.05) is 0 Å². The number of rotatable bonds is 3. The fraction of sp³-hybridized carbons (Fsp3) is 0.500. The molecule has 1 fully saturated rings. The molecular weight excluding hydrogens is 238 g/mol. The molecule has 0 bridgehead atoms. The van der Waals surface area contributed by atoms with Gasteiger partial charge in [0.05, 0.1) is 38.1 Å². The molecule has 1 aliphatic heterocycles. The Bertz CT molecular complexity index is 414. The van der Waals surface area contributed by atoms with Crippen LogP contribution in [0.2, 0.25) is 0 Å². The van der Waals surface area contributed by atoms with E-state index in [-0.39, 0.29) is 24.4 Å². The number of methoxy groups -OCH3 is 1. The molecule has 6 nitrogen and oxygen atoms in total. The Kier molecular flexibility index (Phi) is 3.99. The normalized spacial score (nSPS) is 19.6. The van der Waals surface area contributed by atoms with Crippen molar-refractivity contribution in [2.75, 3.05) is 26.8 Å². The summed E-state index contributed by atoms with van der Waals surface area (Å²) in [5.74, 6) is -0.445. The second kappa shape index (κ2) is 5.68. The van der Waals surface area contributed by atoms with Crippen LogP contribution in [-0.4, -0.2) is 49.7 Å². The van der Waals surface area contributed by atoms with E-state index in [0.717, 1.165) is 0 Å². The summed E-state index contributed by atoms with van der Waals surface area (Å²) in [5.41, 5.74) is 0.508. The van der Waals surface area contributed by atoms with Crippen LogP contribution < -0.4 is 0 Å². The molecule has 1 aliphatic rings. The van der Waals surface area contributed by atoms with Gasteiger partial charge in [0, 0.05) is 13.1 Å². The zero-order chi connectivity index (χ0) is 13.0. The number of esters is 1. The van der Waals surface area contributed by atoms with Crippen molar-refractivity contribution in [2.24, 2.45) is 0 Å². The van der Waals surface area contributed by atoms with Crippen LogP contribution in [0.25, 0.3) is 0 Å². The van der Waals surface area contributed by atoms with Gasteiger partial charge in [-0.15, -0.1) is 0 Å². The van der Waals surface area contributed by atoms with E-state index in [1.807, 2.05) is 0 Å². The van der Waals surface area contributed by atoms with E-state index in [2.05, 4.69) is 4.74 Å². The van der Waals surface area contributed by atoms with Crippen LogP contribution in [0, 0.1) is 0 Å². The quantitative estimate of drug-likeness (QED) is 0.741. The Morgan fingerprint density at radius 2 is 2.39 bits per heavy atom. The number of hydrogen-bond acceptors (Lipinski definition) is 5. The van der Waals surface area contributed by atoms with Crippen molar-refractivity contribution in [1.82, 2.24) is 4.90 Å². The van der Waals surface area contributed by atoms with Crippen LogP contribution in [-0.2, 0) is 14.3 Å². The molecule has 98 valence electrons. The highest BCUT2D eigenvalue weighted by molar-refractivity contribution is 5.93. The molecule has 1 unspecified atom stereocenters. The number of morpholine rings is 1. The fourth-order valence-corrected chi connectivity index (χ4v) is 1.87. The number of nitrogens with zero attached hydrogens (tertiary/aromatic N) is 1. The first-order chi connectivity index (χ1) is 8.70. The number of furan rings is 1. The molecule has 0 N–H and O–H groups in total. The largest absolute Gasteiger partial charge is 0.472 e. The Hall–Kier alpha value is -1.82. The summed E-state index contributed by atoms with van der Waals surface area (Å²) in [7, 11) is 1.33. The van der Waals surface area contributed by atoms with Crippen molar-refractivity contribution in [1.29, 1.82) is 0 Å². The van der Waals surface area contributed by atoms with Gasteiger partial charge in [0.15, 0.2) is 0 Å². The Morgan fingerprint density at radius 1 is 1.56 bits per heavy atom. The minimum atomic E-state index is -0.336. The zero-order valence-electron chi connectivity index (χ0n) is 10.1. The second-order valence-corrected chi connectivity index (χ2v) is 4.04. The van der Waals surface area contributed by atoms with Gasteiger partial charge in [-0.3, -0.25) is 9.59 Å². The maximum atomic E-state index is 12.1. The summed E-state index contributed by atoms with van der Waals surface area (Å²) in [5, 5.41) is 0. The average Bonchev–Trinajstić information content (AvgIpc) is 2.92. The third-order valence-electron chi connectivity index (χ3n) is 2.82. The molecule has 2 rings (SSSR count). The molecule has 2 heterocycles. The summed E-state index contributed by atoms with van der Waals surface area (Å²) in [6.45, 7) is 1.33. The van der Waals surface area contributed by atoms with E-state index >= 15 is 0 Å². The van der Waals surface area contributed by atoms with Gasteiger partial charge in [-0.2, -0.15) is 0 Å². The van der Waals surface area contributed by atoms with Crippen LogP contribution in [0.15, 0.2) is 23.0 Å². The molecule has 6 heteroatoms. The monoisotopic (exact) mass is 253 g/mol. The smallest absolute Gasteiger partial charge is 0.308 e. The molecule has 0 radical (unpaired) electrons. The van der Waals surface area contributed by atoms with E-state index in [4.69, 9.17) is 9.15 Å². The van der Waals surface area contributed by atoms with E-state index in [1.54, 1.807) is 11.0 Å². The number of carbonyl (C=O) groups is 2. The van der Waals surface area contributed by atoms with Gasteiger partial charge in [0.25, 0.3) is 5.91 Å². The lowest BCUT2D eigenvalue weighted by Crippen LogP contribution is -2.46. The Morgan fingerprint density at radius 3 is 3.06 bits per heavy atom. The Labute approximate surface area is 104 Å². The lowest BCUT2D eigenvalue weighted by molar-refractivity contribution is -0.145. The molecule has 0 aliphatic carbocycles. The van der Waals surface area contributed by atoms with E-state index in [1.165, 1.54) is 19.6 Å². The second-order valence-electron chi connectivity index (χ2n) is 4.04. The van der Waals surface area contributed by atoms with E-state index < -0.39 is 0 Å². The molecule has 18 heavy (non-hydrogen) atoms. The van der Waals surface area contributed by atoms with E-state index in [9.17, 15) is 9.59 Å². The minimum Gasteiger partial charge on any atom is -0.472 e. The van der Waals surface area contributed by atoms with Crippen molar-refractivity contribution in [3.05, 3.63) is 24.2 Å². The molecule has 0 spiro atoms. The predicted octanol–water partition coefficient (Wildman–Crippen LogP) is 0.684. The fourth-order valence-electron chi connectivity index (χ4n) is 1.87. The number of carbonyl (C=O) groups excluding carboxylic acids is 2. The lowest BCUT2D eigenvalue weighted by Gasteiger charge is -2.32. The first-order valence-electron chi connectivity index (χ1n) is 5.70. The summed E-state index contributed by atoms with van der Waals surface area (Å²) in [6, 6.07) is 1.62. The van der Waals surface area contributed by atoms with Crippen molar-refractivity contribution >= 4 is 11.9 Å². The zero-order valence-corrected chi connectivity index (χ0v) is 10.1. The van der Waals surface area contributed by atoms with Gasteiger partial charge in [0.2, 0.25) is 0 Å². The number of amides is 1. The van der Waals surface area contributed by atoms with Gasteiger partial charge in [-0.05, 0) is 6.07 Å². The van der Waals surface area contributed by atoms with Crippen molar-refractivity contribution in [3.63, 3.8) is 0 Å². The topological polar surface area (TPSA) is 69.0 Å². The third kappa shape index (κ3) is 2.89. The van der Waals surface area contributed by atoms with Crippen molar-refractivity contribution in [2.45, 2.75) is 12.5 Å². The van der Waals surface area contributed by atoms with Crippen LogP contribution in [0.4, 0.5) is 0 Å². The first-order valence-corrected chi connectivity index (χ1v) is 5.70. The molecule has 0 aromatic carbocycles. The molecule has 1 amide bonds. The van der Waals surface area contributed by atoms with Crippen molar-refractivity contribution in [3.8, 4) is 0 Å². The van der Waals surface area contributed by atoms with Gasteiger partial charge < -0.3 is 18.8 Å². The maximum absolute atomic E-state index is 12.1. The molecule has 1 aromatic rings. The highest BCUT2D eigenvalue weighted by Crippen LogP contribution is 2.13. The van der Waals surface area contributed by atoms with Crippen LogP contribution in [0.3, 0.4) is 0 Å². The molecular formula is C12H15NO5. The van der Waals surface area contributed by atoms with Crippen LogP contribution in [0.5, 0.6) is 0 Å². The number of hydrogen-bond donors (Lipinski definition) is 0. The summed E-state index contributed by atoms with van der Waals surface area (Å²) in [6.07, 6.45) is 2.72. The highest BCUT2D eigenvalue weighted by Gasteiger charge is 2.27. The summed E-state index contributed by atoms with van der Waals surface area (Å²) in [4.78, 5) is 24.9. The standard InChI is InChI=1S/C12H15NO5/c1-16-11(14)6-10-7-13(3-5-18-10)12(15)9-2-4-17-8-9/h2,4,8,10H,3,5-7H2,1H3. The van der Waals surface area contributed by atoms with Gasteiger partial charge >= 0.3 is 5.97 Å². The maximum Gasteiger partial charge on any atom is 0.308 e. The van der Waals surface area contributed by atoms with Crippen LogP contribution in [0.1, 0.15) is 16.8 Å². The van der Waals surface area contributed by atoms with Crippen molar-refractivity contribution < 1.29 is 23.5 Å². The van der Waals surface area contributed by atoms with Crippen LogP contribution >= 0.6 is 0 Å². The summed E-state index contributed by atoms with van der Waals surface area (Å²) >= 11 is 0. The number of ether oxygens (including phenoxy) is 2. The minimum absolute atomic E-state index is 0.109. The highest BCUT2D eigenvalue weighted by atomic mass is 16.5. The lowest BCUT2D eigenvalue weighted by atomic mass is 10.2. The molecule has 1 atom stereocenters. The predicted molar refractivity (Wildman–Crippen MR) is 61.0 cm³/mol. The molecule has 0 saturated carbocycles. The molecule has 1 aromatic heterocycles. The SMILES string of the molecule is COC(=O)CC1CN(C(=O)c2ccoc2)CCO1. The first kappa shape index (κ1) is 12.6. The van der Waals surface area contributed by atoms with Gasteiger partial charge in [-0.25, -0.2) is 0 Å². The third-order valence-corrected chi connectivity index (χ3v) is 2.82. The van der Waals surface area contributed by atoms with Gasteiger partial charge in [0.1, 0.15) is 6.26 Å². The average molecular weight is 253 g/mol. The van der Waals surface area contributed by atoms with E-state index in [0.29, 0.717) is 25.3 Å². The molecule has 1 saturated heterocycles.